The van der Waals surface area contributed by atoms with Gasteiger partial charge in [0.1, 0.15) is 6.04 Å². The molecule has 1 atom stereocenters. The number of aryl methyl sites for hydroxylation is 1. The number of aliphatic carboxylic acids is 1. The van der Waals surface area contributed by atoms with Crippen LogP contribution in [0.25, 0.3) is 0 Å². The number of thioether (sulfide) groups is 1. The summed E-state index contributed by atoms with van der Waals surface area (Å²) in [6.45, 7) is 5.42. The first-order valence-electron chi connectivity index (χ1n) is 6.52. The third kappa shape index (κ3) is 3.35. The van der Waals surface area contributed by atoms with E-state index >= 15 is 0 Å². The Labute approximate surface area is 127 Å². The van der Waals surface area contributed by atoms with E-state index in [1.165, 1.54) is 21.8 Å². The molecule has 1 aliphatic heterocycles. The summed E-state index contributed by atoms with van der Waals surface area (Å²) in [5.41, 5.74) is 0.702. The molecule has 6 heteroatoms. The summed E-state index contributed by atoms with van der Waals surface area (Å²) in [6.07, 6.45) is 1.000. The number of nitrogens with one attached hydrogen (secondary N) is 1. The molecule has 0 aliphatic carbocycles. The lowest BCUT2D eigenvalue weighted by molar-refractivity contribution is -0.142. The van der Waals surface area contributed by atoms with Crippen LogP contribution >= 0.6 is 23.1 Å². The van der Waals surface area contributed by atoms with E-state index in [0.29, 0.717) is 4.88 Å². The fourth-order valence-electron chi connectivity index (χ4n) is 2.11. The van der Waals surface area contributed by atoms with E-state index in [-0.39, 0.29) is 5.91 Å². The second kappa shape index (κ2) is 5.77. The summed E-state index contributed by atoms with van der Waals surface area (Å²) in [5, 5.41) is 11.9. The normalized spacial score (nSPS) is 16.4. The monoisotopic (exact) mass is 313 g/mol. The van der Waals surface area contributed by atoms with E-state index in [1.54, 1.807) is 0 Å². The largest absolute Gasteiger partial charge is 0.480 e. The smallest absolute Gasteiger partial charge is 0.326 e. The fourth-order valence-corrected chi connectivity index (χ4v) is 4.39. The van der Waals surface area contributed by atoms with Gasteiger partial charge in [0.25, 0.3) is 5.91 Å². The van der Waals surface area contributed by atoms with Gasteiger partial charge in [-0.05, 0) is 29.2 Å². The molecule has 1 aromatic heterocycles. The number of rotatable bonds is 3. The number of carbonyl (C=O) groups excluding carboxylic acids is 1. The van der Waals surface area contributed by atoms with Crippen molar-refractivity contribution in [1.82, 2.24) is 5.32 Å². The van der Waals surface area contributed by atoms with Crippen molar-refractivity contribution in [2.45, 2.75) is 39.0 Å². The van der Waals surface area contributed by atoms with Crippen molar-refractivity contribution in [1.29, 1.82) is 0 Å². The van der Waals surface area contributed by atoms with Gasteiger partial charge in [-0.3, -0.25) is 4.79 Å². The summed E-state index contributed by atoms with van der Waals surface area (Å²) in [7, 11) is 0. The third-order valence-corrected chi connectivity index (χ3v) is 5.48. The summed E-state index contributed by atoms with van der Waals surface area (Å²) >= 11 is 3.36. The zero-order chi connectivity index (χ0) is 14.9. The zero-order valence-electron chi connectivity index (χ0n) is 11.9. The number of fused-ring (bicyclic) bond motifs is 1. The first-order valence-corrected chi connectivity index (χ1v) is 8.49. The van der Waals surface area contributed by atoms with Gasteiger partial charge in [0.05, 0.1) is 4.88 Å². The Balaban J connectivity index is 2.15. The van der Waals surface area contributed by atoms with Crippen LogP contribution in [0, 0.1) is 5.41 Å². The van der Waals surface area contributed by atoms with Crippen molar-refractivity contribution in [3.63, 3.8) is 0 Å². The Morgan fingerprint density at radius 2 is 2.10 bits per heavy atom. The van der Waals surface area contributed by atoms with E-state index in [0.717, 1.165) is 17.9 Å². The van der Waals surface area contributed by atoms with Crippen LogP contribution in [0.5, 0.6) is 0 Å². The van der Waals surface area contributed by atoms with Crippen LogP contribution in [0.4, 0.5) is 0 Å². The van der Waals surface area contributed by atoms with Gasteiger partial charge in [-0.15, -0.1) is 11.3 Å². The van der Waals surface area contributed by atoms with Gasteiger partial charge in [0.2, 0.25) is 0 Å². The number of hydrogen-bond acceptors (Lipinski definition) is 4. The molecule has 110 valence electrons. The second-order valence-electron chi connectivity index (χ2n) is 5.97. The van der Waals surface area contributed by atoms with Crippen LogP contribution in [0.15, 0.2) is 6.07 Å². The van der Waals surface area contributed by atoms with E-state index in [1.807, 2.05) is 38.6 Å². The van der Waals surface area contributed by atoms with E-state index < -0.39 is 17.4 Å². The molecule has 0 spiro atoms. The average Bonchev–Trinajstić information content (AvgIpc) is 2.77. The molecule has 0 aromatic carbocycles. The number of carboxylic acids is 1. The molecule has 1 aromatic rings. The molecule has 1 aliphatic rings. The van der Waals surface area contributed by atoms with Crippen LogP contribution in [-0.2, 0) is 17.0 Å². The number of hydrogen-bond donors (Lipinski definition) is 2. The highest BCUT2D eigenvalue weighted by Gasteiger charge is 2.33. The molecule has 4 nitrogen and oxygen atoms in total. The maximum atomic E-state index is 12.3. The number of carbonyl (C=O) groups is 2. The maximum Gasteiger partial charge on any atom is 0.326 e. The topological polar surface area (TPSA) is 66.4 Å². The molecule has 20 heavy (non-hydrogen) atoms. The minimum atomic E-state index is -0.997. The highest BCUT2D eigenvalue weighted by atomic mass is 32.2. The van der Waals surface area contributed by atoms with Gasteiger partial charge in [0, 0.05) is 10.6 Å². The summed E-state index contributed by atoms with van der Waals surface area (Å²) in [4.78, 5) is 25.4. The third-order valence-electron chi connectivity index (χ3n) is 3.24. The Bertz CT molecular complexity index is 508. The quantitative estimate of drug-likeness (QED) is 0.900. The Morgan fingerprint density at radius 1 is 1.40 bits per heavy atom. The lowest BCUT2D eigenvalue weighted by atomic mass is 9.87. The number of carboxylic acid groups (broad SMARTS) is 1. The van der Waals surface area contributed by atoms with Crippen molar-refractivity contribution in [3.8, 4) is 0 Å². The molecule has 2 heterocycles. The van der Waals surface area contributed by atoms with Gasteiger partial charge in [-0.1, -0.05) is 20.8 Å². The van der Waals surface area contributed by atoms with E-state index in [2.05, 4.69) is 5.32 Å². The molecule has 0 saturated heterocycles. The van der Waals surface area contributed by atoms with E-state index in [4.69, 9.17) is 0 Å². The van der Waals surface area contributed by atoms with E-state index in [9.17, 15) is 14.7 Å². The van der Waals surface area contributed by atoms with Crippen molar-refractivity contribution in [2.24, 2.45) is 5.41 Å². The Hall–Kier alpha value is -1.01. The summed E-state index contributed by atoms with van der Waals surface area (Å²) in [6, 6.07) is 1.02. The van der Waals surface area contributed by atoms with Gasteiger partial charge < -0.3 is 10.4 Å². The second-order valence-corrected chi connectivity index (χ2v) is 8.21. The molecule has 1 unspecified atom stereocenters. The lowest BCUT2D eigenvalue weighted by Gasteiger charge is -2.27. The minimum Gasteiger partial charge on any atom is -0.480 e. The zero-order valence-corrected chi connectivity index (χ0v) is 13.5. The lowest BCUT2D eigenvalue weighted by Crippen LogP contribution is -2.48. The molecular weight excluding hydrogens is 294 g/mol. The SMILES string of the molecule is CC(C)(C)C(NC(=O)c1cc2c(s1)CCSC2)C(=O)O. The molecule has 0 bridgehead atoms. The first kappa shape index (κ1) is 15.4. The van der Waals surface area contributed by atoms with Gasteiger partial charge in [-0.25, -0.2) is 4.79 Å². The summed E-state index contributed by atoms with van der Waals surface area (Å²) < 4.78 is 0. The fraction of sp³-hybridized carbons (Fsp3) is 0.571. The molecule has 0 radical (unpaired) electrons. The van der Waals surface area contributed by atoms with Crippen LogP contribution < -0.4 is 5.32 Å². The highest BCUT2D eigenvalue weighted by molar-refractivity contribution is 7.98. The summed E-state index contributed by atoms with van der Waals surface area (Å²) in [5.74, 6) is 0.758. The van der Waals surface area contributed by atoms with Gasteiger partial charge >= 0.3 is 5.97 Å². The predicted octanol–water partition coefficient (Wildman–Crippen LogP) is 2.77. The van der Waals surface area contributed by atoms with Gasteiger partial charge in [-0.2, -0.15) is 11.8 Å². The number of thiophene rings is 1. The van der Waals surface area contributed by atoms with Gasteiger partial charge in [0.15, 0.2) is 0 Å². The molecule has 2 rings (SSSR count). The van der Waals surface area contributed by atoms with Crippen LogP contribution in [0.2, 0.25) is 0 Å². The minimum absolute atomic E-state index is 0.281. The van der Waals surface area contributed by atoms with Crippen LogP contribution in [-0.4, -0.2) is 28.8 Å². The number of amides is 1. The molecular formula is C14H19NO3S2. The molecule has 0 saturated carbocycles. The van der Waals surface area contributed by atoms with Crippen LogP contribution in [0.3, 0.4) is 0 Å². The highest BCUT2D eigenvalue weighted by Crippen LogP contribution is 2.32. The standard InChI is InChI=1S/C14H19NO3S2/c1-14(2,3)11(13(17)18)15-12(16)10-6-8-7-19-5-4-9(8)20-10/h6,11H,4-5,7H2,1-3H3,(H,15,16)(H,17,18). The molecule has 2 N–H and O–H groups in total. The predicted molar refractivity (Wildman–Crippen MR) is 82.5 cm³/mol. The molecule has 1 amide bonds. The van der Waals surface area contributed by atoms with Crippen molar-refractivity contribution < 1.29 is 14.7 Å². The Morgan fingerprint density at radius 3 is 2.65 bits per heavy atom. The van der Waals surface area contributed by atoms with Crippen LogP contribution in [0.1, 0.15) is 40.9 Å². The maximum absolute atomic E-state index is 12.3. The van der Waals surface area contributed by atoms with Crippen molar-refractivity contribution >= 4 is 35.0 Å². The Kier molecular flexibility index (Phi) is 4.44. The van der Waals surface area contributed by atoms with Crippen molar-refractivity contribution in [2.75, 3.05) is 5.75 Å². The van der Waals surface area contributed by atoms with Crippen molar-refractivity contribution in [3.05, 3.63) is 21.4 Å². The molecule has 0 fully saturated rings. The average molecular weight is 313 g/mol. The first-order chi connectivity index (χ1) is 9.29.